The lowest BCUT2D eigenvalue weighted by Crippen LogP contribution is -2.28. The highest BCUT2D eigenvalue weighted by molar-refractivity contribution is 6.19. The van der Waals surface area contributed by atoms with Crippen molar-refractivity contribution in [1.29, 1.82) is 0 Å². The Labute approximate surface area is 101 Å². The third-order valence-corrected chi connectivity index (χ3v) is 3.05. The number of ether oxygens (including phenoxy) is 1. The summed E-state index contributed by atoms with van der Waals surface area (Å²) in [5, 5.41) is 0. The van der Waals surface area contributed by atoms with Gasteiger partial charge in [0.05, 0.1) is 0 Å². The lowest BCUT2D eigenvalue weighted by atomic mass is 10.2. The van der Waals surface area contributed by atoms with Crippen molar-refractivity contribution in [3.8, 4) is 5.75 Å². The van der Waals surface area contributed by atoms with Crippen LogP contribution in [0.2, 0.25) is 0 Å². The molecule has 1 aromatic carbocycles. The Bertz CT molecular complexity index is 378. The fraction of sp³-hybridized carbons (Fsp3) is 0.385. The largest absolute Gasteiger partial charge is 0.492 e. The summed E-state index contributed by atoms with van der Waals surface area (Å²) in [4.78, 5) is 2.32. The number of halogens is 1. The molecular formula is C13H16ClNO. The molecule has 1 heterocycles. The van der Waals surface area contributed by atoms with E-state index in [-0.39, 0.29) is 0 Å². The highest BCUT2D eigenvalue weighted by Gasteiger charge is 2.14. The molecule has 86 valence electrons. The van der Waals surface area contributed by atoms with Crippen LogP contribution in [-0.2, 0) is 6.54 Å². The summed E-state index contributed by atoms with van der Waals surface area (Å²) in [6, 6.07) is 8.18. The van der Waals surface area contributed by atoms with Crippen LogP contribution < -0.4 is 4.74 Å². The van der Waals surface area contributed by atoms with E-state index in [1.54, 1.807) is 0 Å². The van der Waals surface area contributed by atoms with Gasteiger partial charge in [0.1, 0.15) is 12.4 Å². The van der Waals surface area contributed by atoms with Crippen molar-refractivity contribution in [2.24, 2.45) is 0 Å². The molecular weight excluding hydrogens is 222 g/mol. The molecule has 1 aliphatic rings. The average molecular weight is 238 g/mol. The van der Waals surface area contributed by atoms with Crippen LogP contribution >= 0.6 is 11.6 Å². The van der Waals surface area contributed by atoms with Crippen LogP contribution in [0.15, 0.2) is 36.4 Å². The maximum atomic E-state index is 5.75. The predicted octanol–water partition coefficient (Wildman–Crippen LogP) is 2.68. The molecule has 1 aromatic rings. The molecule has 0 radical (unpaired) electrons. The van der Waals surface area contributed by atoms with Crippen molar-refractivity contribution >= 4 is 11.6 Å². The smallest absolute Gasteiger partial charge is 0.123 e. The van der Waals surface area contributed by atoms with E-state index >= 15 is 0 Å². The average Bonchev–Trinajstić information content (AvgIpc) is 2.50. The Kier molecular flexibility index (Phi) is 3.86. The van der Waals surface area contributed by atoms with Crippen LogP contribution in [0.4, 0.5) is 0 Å². The van der Waals surface area contributed by atoms with Gasteiger partial charge in [0.25, 0.3) is 0 Å². The van der Waals surface area contributed by atoms with Gasteiger partial charge in [-0.2, -0.15) is 0 Å². The van der Waals surface area contributed by atoms with Crippen LogP contribution in [-0.4, -0.2) is 30.5 Å². The quantitative estimate of drug-likeness (QED) is 0.592. The zero-order valence-corrected chi connectivity index (χ0v) is 10.0. The Morgan fingerprint density at radius 1 is 1.44 bits per heavy atom. The lowest BCUT2D eigenvalue weighted by molar-refractivity contribution is 0.239. The van der Waals surface area contributed by atoms with Crippen LogP contribution in [0.3, 0.4) is 0 Å². The first-order valence-electron chi connectivity index (χ1n) is 5.45. The minimum Gasteiger partial charge on any atom is -0.492 e. The minimum atomic E-state index is 0.527. The molecule has 2 rings (SSSR count). The lowest BCUT2D eigenvalue weighted by Gasteiger charge is -2.19. The Morgan fingerprint density at radius 2 is 2.25 bits per heavy atom. The van der Waals surface area contributed by atoms with Gasteiger partial charge in [-0.3, -0.25) is 4.90 Å². The molecule has 0 unspecified atom stereocenters. The highest BCUT2D eigenvalue weighted by Crippen LogP contribution is 2.22. The van der Waals surface area contributed by atoms with Crippen LogP contribution in [0, 0.1) is 0 Å². The van der Waals surface area contributed by atoms with Crippen molar-refractivity contribution in [3.63, 3.8) is 0 Å². The van der Waals surface area contributed by atoms with E-state index in [0.717, 1.165) is 37.6 Å². The van der Waals surface area contributed by atoms with Gasteiger partial charge >= 0.3 is 0 Å². The fourth-order valence-electron chi connectivity index (χ4n) is 1.87. The summed E-state index contributed by atoms with van der Waals surface area (Å²) in [5.74, 6) is 1.53. The number of hydrogen-bond donors (Lipinski definition) is 0. The molecule has 0 bridgehead atoms. The highest BCUT2D eigenvalue weighted by atomic mass is 35.5. The second-order valence-corrected chi connectivity index (χ2v) is 4.32. The van der Waals surface area contributed by atoms with Gasteiger partial charge in [0.2, 0.25) is 0 Å². The molecule has 2 nitrogen and oxygen atoms in total. The van der Waals surface area contributed by atoms with Crippen molar-refractivity contribution in [3.05, 3.63) is 42.0 Å². The zero-order chi connectivity index (χ0) is 11.4. The van der Waals surface area contributed by atoms with E-state index in [2.05, 4.69) is 17.5 Å². The SMILES string of the molecule is C=C(CCl)CN1CCOc2ccccc2C1. The van der Waals surface area contributed by atoms with Crippen molar-refractivity contribution < 1.29 is 4.74 Å². The van der Waals surface area contributed by atoms with Crippen molar-refractivity contribution in [2.45, 2.75) is 6.54 Å². The first-order valence-corrected chi connectivity index (χ1v) is 5.98. The van der Waals surface area contributed by atoms with E-state index in [1.807, 2.05) is 18.2 Å². The van der Waals surface area contributed by atoms with E-state index < -0.39 is 0 Å². The number of nitrogens with zero attached hydrogens (tertiary/aromatic N) is 1. The molecule has 16 heavy (non-hydrogen) atoms. The van der Waals surface area contributed by atoms with Crippen LogP contribution in [0.5, 0.6) is 5.75 Å². The molecule has 0 fully saturated rings. The molecule has 0 saturated carbocycles. The number of para-hydroxylation sites is 1. The van der Waals surface area contributed by atoms with Gasteiger partial charge in [0, 0.05) is 31.1 Å². The van der Waals surface area contributed by atoms with Gasteiger partial charge in [0.15, 0.2) is 0 Å². The van der Waals surface area contributed by atoms with E-state index in [9.17, 15) is 0 Å². The topological polar surface area (TPSA) is 12.5 Å². The van der Waals surface area contributed by atoms with Crippen LogP contribution in [0.25, 0.3) is 0 Å². The zero-order valence-electron chi connectivity index (χ0n) is 9.29. The first-order chi connectivity index (χ1) is 7.79. The fourth-order valence-corrected chi connectivity index (χ4v) is 1.96. The third kappa shape index (κ3) is 2.77. The molecule has 0 N–H and O–H groups in total. The maximum Gasteiger partial charge on any atom is 0.123 e. The normalized spacial score (nSPS) is 16.1. The molecule has 3 heteroatoms. The molecule has 1 aliphatic heterocycles. The summed E-state index contributed by atoms with van der Waals surface area (Å²) in [6.07, 6.45) is 0. The third-order valence-electron chi connectivity index (χ3n) is 2.67. The second-order valence-electron chi connectivity index (χ2n) is 4.05. The molecule has 0 aliphatic carbocycles. The van der Waals surface area contributed by atoms with Gasteiger partial charge in [-0.1, -0.05) is 24.8 Å². The summed E-state index contributed by atoms with van der Waals surface area (Å²) in [6.45, 7) is 7.35. The molecule has 0 saturated heterocycles. The Morgan fingerprint density at radius 3 is 3.06 bits per heavy atom. The number of alkyl halides is 1. The number of benzene rings is 1. The molecule has 0 aromatic heterocycles. The number of rotatable bonds is 3. The molecule has 0 atom stereocenters. The first kappa shape index (κ1) is 11.5. The maximum absolute atomic E-state index is 5.75. The second kappa shape index (κ2) is 5.37. The van der Waals surface area contributed by atoms with E-state index in [1.165, 1.54) is 5.56 Å². The van der Waals surface area contributed by atoms with Crippen molar-refractivity contribution in [2.75, 3.05) is 25.6 Å². The van der Waals surface area contributed by atoms with Gasteiger partial charge in [-0.05, 0) is 11.6 Å². The Balaban J connectivity index is 2.07. The number of hydrogen-bond acceptors (Lipinski definition) is 2. The van der Waals surface area contributed by atoms with Gasteiger partial charge in [-0.15, -0.1) is 11.6 Å². The van der Waals surface area contributed by atoms with Crippen LogP contribution in [0.1, 0.15) is 5.56 Å². The Hall–Kier alpha value is -0.990. The summed E-state index contributed by atoms with van der Waals surface area (Å²) in [7, 11) is 0. The molecule has 0 amide bonds. The number of fused-ring (bicyclic) bond motifs is 1. The summed E-state index contributed by atoms with van der Waals surface area (Å²) < 4.78 is 5.69. The standard InChI is InChI=1S/C13H16ClNO/c1-11(8-14)9-15-6-7-16-13-5-3-2-4-12(13)10-15/h2-5H,1,6-10H2. The summed E-state index contributed by atoms with van der Waals surface area (Å²) in [5.41, 5.74) is 2.29. The van der Waals surface area contributed by atoms with Gasteiger partial charge < -0.3 is 4.74 Å². The van der Waals surface area contributed by atoms with Crippen molar-refractivity contribution in [1.82, 2.24) is 4.90 Å². The van der Waals surface area contributed by atoms with Gasteiger partial charge in [-0.25, -0.2) is 0 Å². The summed E-state index contributed by atoms with van der Waals surface area (Å²) >= 11 is 5.75. The predicted molar refractivity (Wildman–Crippen MR) is 67.1 cm³/mol. The van der Waals surface area contributed by atoms with E-state index in [0.29, 0.717) is 5.88 Å². The molecule has 0 spiro atoms. The monoisotopic (exact) mass is 237 g/mol. The van der Waals surface area contributed by atoms with E-state index in [4.69, 9.17) is 16.3 Å². The minimum absolute atomic E-state index is 0.527.